The van der Waals surface area contributed by atoms with Gasteiger partial charge in [-0.05, 0) is 63.3 Å². The predicted octanol–water partition coefficient (Wildman–Crippen LogP) is 6.26. The van der Waals surface area contributed by atoms with Crippen molar-refractivity contribution >= 4 is 28.5 Å². The molecule has 7 rings (SSSR count). The lowest BCUT2D eigenvalue weighted by Crippen LogP contribution is -2.36. The molecular weight excluding hydrogens is 710 g/mol. The van der Waals surface area contributed by atoms with Crippen LogP contribution >= 0.6 is 11.6 Å². The Morgan fingerprint density at radius 1 is 0.907 bits per heavy atom. The van der Waals surface area contributed by atoms with Crippen LogP contribution in [0.1, 0.15) is 49.7 Å². The van der Waals surface area contributed by atoms with E-state index in [4.69, 9.17) is 45.9 Å². The molecule has 0 unspecified atom stereocenters. The molecule has 2 N–H and O–H groups in total. The Morgan fingerprint density at radius 3 is 2.31 bits per heavy atom. The maximum Gasteiger partial charge on any atom is 0.306 e. The second-order valence-corrected chi connectivity index (χ2v) is 14.5. The molecule has 0 atom stereocenters. The third-order valence-corrected chi connectivity index (χ3v) is 11.3. The summed E-state index contributed by atoms with van der Waals surface area (Å²) in [6.45, 7) is 2.74. The number of halogens is 1. The highest BCUT2D eigenvalue weighted by Gasteiger charge is 2.29. The molecule has 1 saturated heterocycles. The third kappa shape index (κ3) is 7.58. The molecule has 1 saturated carbocycles. The molecule has 284 valence electrons. The number of methoxy groups -OCH3 is 3. The number of rotatable bonds is 12. The van der Waals surface area contributed by atoms with Gasteiger partial charge in [-0.15, -0.1) is 0 Å². The number of piperidine rings is 1. The molecule has 14 heteroatoms. The minimum absolute atomic E-state index is 0.257. The summed E-state index contributed by atoms with van der Waals surface area (Å²) in [5.41, 5.74) is 4.86. The van der Waals surface area contributed by atoms with Crippen molar-refractivity contribution in [2.45, 2.75) is 63.8 Å². The van der Waals surface area contributed by atoms with Crippen molar-refractivity contribution in [3.05, 3.63) is 71.0 Å². The zero-order valence-corrected chi connectivity index (χ0v) is 31.8. The van der Waals surface area contributed by atoms with E-state index in [0.717, 1.165) is 71.9 Å². The number of carboxylic acids is 1. The molecule has 1 aliphatic heterocycles. The van der Waals surface area contributed by atoms with Gasteiger partial charge in [0.25, 0.3) is 0 Å². The number of ether oxygens (including phenoxy) is 3. The molecule has 13 nitrogen and oxygen atoms in total. The lowest BCUT2D eigenvalue weighted by molar-refractivity contribution is -0.143. The van der Waals surface area contributed by atoms with Crippen LogP contribution in [-0.4, -0.2) is 104 Å². The standard InChI is InChI=1S/C40H46ClN7O6/c1-46(26-13-11-24(12-14-26)40(50)51)22-25-20-42-37(45-38(25)53-3)30-9-5-8-29(36(30)41)28-7-6-10-33-31(28)21-43-48(33)35-19-34(52-2)32(39(44-35)54-4)23-47-17-15-27(49)16-18-47/h5-10,19-21,24,26-27,49H,11-18,22-23H2,1-4H3,(H,50,51). The fraction of sp³-hybridized carbons (Fsp3) is 0.425. The third-order valence-electron chi connectivity index (χ3n) is 10.9. The zero-order chi connectivity index (χ0) is 37.9. The Kier molecular flexibility index (Phi) is 11.3. The zero-order valence-electron chi connectivity index (χ0n) is 31.0. The van der Waals surface area contributed by atoms with E-state index in [1.165, 1.54) is 0 Å². The number of aliphatic hydroxyl groups excluding tert-OH is 1. The van der Waals surface area contributed by atoms with E-state index in [9.17, 15) is 15.0 Å². The number of hydrogen-bond acceptors (Lipinski definition) is 11. The van der Waals surface area contributed by atoms with Crippen LogP contribution in [-0.2, 0) is 17.9 Å². The number of nitrogens with zero attached hydrogens (tertiary/aromatic N) is 7. The lowest BCUT2D eigenvalue weighted by atomic mass is 9.85. The minimum atomic E-state index is -0.705. The van der Waals surface area contributed by atoms with Crippen LogP contribution in [0, 0.1) is 5.92 Å². The summed E-state index contributed by atoms with van der Waals surface area (Å²) >= 11 is 7.18. The highest BCUT2D eigenvalue weighted by Crippen LogP contribution is 2.40. The van der Waals surface area contributed by atoms with Gasteiger partial charge in [-0.3, -0.25) is 14.6 Å². The number of carboxylic acid groups (broad SMARTS) is 1. The van der Waals surface area contributed by atoms with E-state index in [2.05, 4.69) is 9.80 Å². The van der Waals surface area contributed by atoms with Crippen molar-refractivity contribution < 1.29 is 29.2 Å². The van der Waals surface area contributed by atoms with E-state index in [1.54, 1.807) is 38.4 Å². The number of carbonyl (C=O) groups is 1. The van der Waals surface area contributed by atoms with E-state index in [1.807, 2.05) is 49.5 Å². The van der Waals surface area contributed by atoms with Crippen molar-refractivity contribution in [2.75, 3.05) is 41.5 Å². The molecule has 0 amide bonds. The average molecular weight is 756 g/mol. The van der Waals surface area contributed by atoms with E-state index >= 15 is 0 Å². The van der Waals surface area contributed by atoms with E-state index in [-0.39, 0.29) is 18.1 Å². The van der Waals surface area contributed by atoms with Crippen LogP contribution in [0.3, 0.4) is 0 Å². The van der Waals surface area contributed by atoms with Gasteiger partial charge in [-0.2, -0.15) is 15.1 Å². The van der Waals surface area contributed by atoms with Gasteiger partial charge in [0.15, 0.2) is 11.6 Å². The number of aliphatic carboxylic acids is 1. The van der Waals surface area contributed by atoms with Crippen molar-refractivity contribution in [2.24, 2.45) is 5.92 Å². The van der Waals surface area contributed by atoms with Crippen molar-refractivity contribution in [1.29, 1.82) is 0 Å². The maximum atomic E-state index is 11.4. The van der Waals surface area contributed by atoms with Crippen LogP contribution < -0.4 is 14.2 Å². The normalized spacial score (nSPS) is 18.3. The predicted molar refractivity (Wildman–Crippen MR) is 205 cm³/mol. The van der Waals surface area contributed by atoms with Gasteiger partial charge in [0, 0.05) is 66.6 Å². The summed E-state index contributed by atoms with van der Waals surface area (Å²) in [7, 11) is 6.88. The molecule has 54 heavy (non-hydrogen) atoms. The molecule has 0 radical (unpaired) electrons. The fourth-order valence-corrected chi connectivity index (χ4v) is 8.08. The Balaban J connectivity index is 1.16. The number of pyridine rings is 1. The van der Waals surface area contributed by atoms with Crippen LogP contribution in [0.15, 0.2) is 54.9 Å². The second-order valence-electron chi connectivity index (χ2n) is 14.1. The first-order valence-electron chi connectivity index (χ1n) is 18.3. The minimum Gasteiger partial charge on any atom is -0.496 e. The summed E-state index contributed by atoms with van der Waals surface area (Å²) < 4.78 is 19.1. The van der Waals surface area contributed by atoms with Gasteiger partial charge in [-0.25, -0.2) is 9.67 Å². The van der Waals surface area contributed by atoms with Crippen molar-refractivity contribution in [1.82, 2.24) is 34.5 Å². The molecule has 0 bridgehead atoms. The fourth-order valence-electron chi connectivity index (χ4n) is 7.77. The van der Waals surface area contributed by atoms with Crippen LogP contribution in [0.2, 0.25) is 5.02 Å². The monoisotopic (exact) mass is 755 g/mol. The van der Waals surface area contributed by atoms with Crippen LogP contribution in [0.4, 0.5) is 0 Å². The van der Waals surface area contributed by atoms with Crippen molar-refractivity contribution in [3.63, 3.8) is 0 Å². The van der Waals surface area contributed by atoms with Gasteiger partial charge < -0.3 is 24.4 Å². The topological polar surface area (TPSA) is 148 Å². The average Bonchev–Trinajstić information content (AvgIpc) is 3.64. The van der Waals surface area contributed by atoms with Crippen LogP contribution in [0.5, 0.6) is 17.5 Å². The van der Waals surface area contributed by atoms with E-state index < -0.39 is 5.97 Å². The number of benzene rings is 2. The summed E-state index contributed by atoms with van der Waals surface area (Å²) in [4.78, 5) is 30.3. The molecule has 2 aromatic carbocycles. The van der Waals surface area contributed by atoms with Gasteiger partial charge in [0.05, 0.1) is 55.7 Å². The molecule has 2 aliphatic rings. The van der Waals surface area contributed by atoms with Gasteiger partial charge >= 0.3 is 5.97 Å². The number of aliphatic hydroxyl groups is 1. The molecule has 4 heterocycles. The second kappa shape index (κ2) is 16.3. The highest BCUT2D eigenvalue weighted by atomic mass is 35.5. The Labute approximate surface area is 319 Å². The van der Waals surface area contributed by atoms with Gasteiger partial charge in [0.1, 0.15) is 5.75 Å². The molecule has 3 aromatic heterocycles. The smallest absolute Gasteiger partial charge is 0.306 e. The molecule has 5 aromatic rings. The van der Waals surface area contributed by atoms with Crippen LogP contribution in [0.25, 0.3) is 39.2 Å². The Morgan fingerprint density at radius 2 is 1.61 bits per heavy atom. The quantitative estimate of drug-likeness (QED) is 0.148. The molecule has 0 spiro atoms. The number of aromatic nitrogens is 5. The summed E-state index contributed by atoms with van der Waals surface area (Å²) in [6.07, 6.45) is 7.83. The van der Waals surface area contributed by atoms with Gasteiger partial charge in [-0.1, -0.05) is 35.9 Å². The van der Waals surface area contributed by atoms with Gasteiger partial charge in [0.2, 0.25) is 11.8 Å². The number of likely N-dealkylation sites (tertiary alicyclic amines) is 1. The first-order chi connectivity index (χ1) is 26.2. The largest absolute Gasteiger partial charge is 0.496 e. The Bertz CT molecular complexity index is 2100. The highest BCUT2D eigenvalue weighted by molar-refractivity contribution is 6.36. The Hall–Kier alpha value is -4.82. The van der Waals surface area contributed by atoms with Crippen molar-refractivity contribution in [3.8, 4) is 45.8 Å². The summed E-state index contributed by atoms with van der Waals surface area (Å²) in [5.74, 6) is 1.60. The molecule has 2 fully saturated rings. The lowest BCUT2D eigenvalue weighted by Gasteiger charge is -2.33. The maximum absolute atomic E-state index is 11.4. The SMILES string of the molecule is COc1cc(-n2ncc3c(-c4cccc(-c5ncc(CN(C)C6CCC(C(=O)O)CC6)c(OC)n5)c4Cl)cccc32)nc(OC)c1CN1CCC(O)CC1. The summed E-state index contributed by atoms with van der Waals surface area (Å²) in [6, 6.07) is 13.9. The number of fused-ring (bicyclic) bond motifs is 1. The first-order valence-corrected chi connectivity index (χ1v) is 18.7. The molecule has 1 aliphatic carbocycles. The summed E-state index contributed by atoms with van der Waals surface area (Å²) in [5, 5.41) is 25.5. The molecular formula is C40H46ClN7O6. The first kappa shape index (κ1) is 37.5. The number of hydrogen-bond donors (Lipinski definition) is 2. The van der Waals surface area contributed by atoms with E-state index in [0.29, 0.717) is 65.7 Å².